The average Bonchev–Trinajstić information content (AvgIpc) is 3.02. The molecule has 0 saturated carbocycles. The number of ether oxygens (including phenoxy) is 1. The van der Waals surface area contributed by atoms with Gasteiger partial charge in [-0.2, -0.15) is 0 Å². The van der Waals surface area contributed by atoms with Crippen molar-refractivity contribution in [3.05, 3.63) is 46.7 Å². The summed E-state index contributed by atoms with van der Waals surface area (Å²) < 4.78 is 39.8. The van der Waals surface area contributed by atoms with Crippen LogP contribution >= 0.6 is 11.3 Å². The van der Waals surface area contributed by atoms with Crippen molar-refractivity contribution in [1.82, 2.24) is 0 Å². The van der Waals surface area contributed by atoms with Gasteiger partial charge in [0.15, 0.2) is 12.4 Å². The Morgan fingerprint density at radius 2 is 1.96 bits per heavy atom. The molecule has 128 valence electrons. The number of carbonyl (C=O) groups is 1. The number of amidine groups is 1. The van der Waals surface area contributed by atoms with Crippen LogP contribution < -0.4 is 15.8 Å². The normalized spacial score (nSPS) is 11.9. The minimum atomic E-state index is -4.76. The van der Waals surface area contributed by atoms with E-state index in [0.717, 1.165) is 12.1 Å². The van der Waals surface area contributed by atoms with E-state index in [1.165, 1.54) is 23.5 Å². The molecule has 1 heterocycles. The predicted molar refractivity (Wildman–Crippen MR) is 82.8 cm³/mol. The molecule has 0 aliphatic carbocycles. The van der Waals surface area contributed by atoms with Crippen molar-refractivity contribution in [2.75, 3.05) is 11.9 Å². The summed E-state index contributed by atoms with van der Waals surface area (Å²) in [4.78, 5) is 17.2. The number of oxime groups is 1. The minimum Gasteiger partial charge on any atom is -0.406 e. The molecule has 0 atom stereocenters. The number of alkyl halides is 3. The van der Waals surface area contributed by atoms with Crippen molar-refractivity contribution in [2.45, 2.75) is 6.36 Å². The lowest BCUT2D eigenvalue weighted by atomic mass is 10.3. The summed E-state index contributed by atoms with van der Waals surface area (Å²) in [5, 5.41) is 7.85. The van der Waals surface area contributed by atoms with Crippen LogP contribution in [0.5, 0.6) is 5.75 Å². The van der Waals surface area contributed by atoms with Gasteiger partial charge in [-0.05, 0) is 35.7 Å². The Labute approximate surface area is 138 Å². The van der Waals surface area contributed by atoms with E-state index in [9.17, 15) is 18.0 Å². The van der Waals surface area contributed by atoms with Crippen LogP contribution in [-0.2, 0) is 9.63 Å². The lowest BCUT2D eigenvalue weighted by Gasteiger charge is -2.09. The monoisotopic (exact) mass is 359 g/mol. The number of nitrogens with one attached hydrogen (secondary N) is 1. The van der Waals surface area contributed by atoms with E-state index in [-0.39, 0.29) is 17.3 Å². The second-order valence-electron chi connectivity index (χ2n) is 4.35. The molecule has 2 rings (SSSR count). The quantitative estimate of drug-likeness (QED) is 0.472. The van der Waals surface area contributed by atoms with Crippen LogP contribution in [0.15, 0.2) is 46.9 Å². The molecular formula is C14H12F3N3O3S. The van der Waals surface area contributed by atoms with Crippen LogP contribution in [0.1, 0.15) is 4.88 Å². The van der Waals surface area contributed by atoms with E-state index < -0.39 is 18.9 Å². The lowest BCUT2D eigenvalue weighted by molar-refractivity contribution is -0.274. The summed E-state index contributed by atoms with van der Waals surface area (Å²) in [5.41, 5.74) is 5.93. The molecule has 1 amide bonds. The zero-order chi connectivity index (χ0) is 17.6. The zero-order valence-electron chi connectivity index (χ0n) is 12.0. The summed E-state index contributed by atoms with van der Waals surface area (Å²) in [6, 6.07) is 8.23. The van der Waals surface area contributed by atoms with Crippen LogP contribution in [0.3, 0.4) is 0 Å². The third kappa shape index (κ3) is 5.80. The van der Waals surface area contributed by atoms with Gasteiger partial charge in [-0.25, -0.2) is 0 Å². The molecular weight excluding hydrogens is 347 g/mol. The van der Waals surface area contributed by atoms with Gasteiger partial charge in [-0.15, -0.1) is 24.5 Å². The van der Waals surface area contributed by atoms with Crippen molar-refractivity contribution >= 4 is 28.8 Å². The third-order valence-corrected chi connectivity index (χ3v) is 3.40. The first-order valence-electron chi connectivity index (χ1n) is 6.48. The highest BCUT2D eigenvalue weighted by Gasteiger charge is 2.30. The molecule has 10 heteroatoms. The summed E-state index contributed by atoms with van der Waals surface area (Å²) in [6.45, 7) is -0.396. The summed E-state index contributed by atoms with van der Waals surface area (Å²) in [6.07, 6.45) is -4.76. The molecule has 1 aromatic carbocycles. The number of rotatable bonds is 6. The number of carbonyl (C=O) groups excluding carboxylic acids is 1. The second-order valence-corrected chi connectivity index (χ2v) is 5.30. The Morgan fingerprint density at radius 1 is 1.25 bits per heavy atom. The van der Waals surface area contributed by atoms with E-state index in [1.807, 2.05) is 5.38 Å². The molecule has 3 N–H and O–H groups in total. The van der Waals surface area contributed by atoms with Crippen molar-refractivity contribution in [1.29, 1.82) is 0 Å². The van der Waals surface area contributed by atoms with Crippen molar-refractivity contribution in [2.24, 2.45) is 10.9 Å². The number of amides is 1. The summed E-state index contributed by atoms with van der Waals surface area (Å²) in [7, 11) is 0. The number of anilines is 1. The third-order valence-electron chi connectivity index (χ3n) is 2.50. The van der Waals surface area contributed by atoms with Gasteiger partial charge >= 0.3 is 6.36 Å². The van der Waals surface area contributed by atoms with E-state index in [4.69, 9.17) is 10.6 Å². The molecule has 2 aromatic rings. The van der Waals surface area contributed by atoms with Crippen LogP contribution in [-0.4, -0.2) is 24.7 Å². The number of hydrogen-bond acceptors (Lipinski definition) is 5. The van der Waals surface area contributed by atoms with Crippen LogP contribution in [0, 0.1) is 0 Å². The standard InChI is InChI=1S/C14H12F3N3O3S/c15-14(16,17)23-10-5-3-9(4-6-10)19-12(21)8-22-20-13(18)11-2-1-7-24-11/h1-7H,8H2,(H2,18,20)(H,19,21). The van der Waals surface area contributed by atoms with E-state index >= 15 is 0 Å². The summed E-state index contributed by atoms with van der Waals surface area (Å²) in [5.74, 6) is -0.779. The van der Waals surface area contributed by atoms with Crippen LogP contribution in [0.25, 0.3) is 0 Å². The number of halogens is 3. The van der Waals surface area contributed by atoms with Gasteiger partial charge in [0.05, 0.1) is 4.88 Å². The van der Waals surface area contributed by atoms with Gasteiger partial charge in [0, 0.05) is 5.69 Å². The Hall–Kier alpha value is -2.75. The molecule has 24 heavy (non-hydrogen) atoms. The molecule has 0 aliphatic heterocycles. The maximum absolute atomic E-state index is 12.0. The van der Waals surface area contributed by atoms with E-state index in [1.54, 1.807) is 12.1 Å². The molecule has 1 aromatic heterocycles. The van der Waals surface area contributed by atoms with Crippen LogP contribution in [0.4, 0.5) is 18.9 Å². The first kappa shape index (κ1) is 17.6. The van der Waals surface area contributed by atoms with E-state index in [0.29, 0.717) is 4.88 Å². The van der Waals surface area contributed by atoms with Crippen molar-refractivity contribution in [3.63, 3.8) is 0 Å². The smallest absolute Gasteiger partial charge is 0.406 e. The predicted octanol–water partition coefficient (Wildman–Crippen LogP) is 2.92. The number of nitrogens with two attached hydrogens (primary N) is 1. The summed E-state index contributed by atoms with van der Waals surface area (Å²) >= 11 is 1.37. The second kappa shape index (κ2) is 7.68. The van der Waals surface area contributed by atoms with Gasteiger partial charge in [-0.1, -0.05) is 11.2 Å². The Bertz CT molecular complexity index is 700. The highest BCUT2D eigenvalue weighted by Crippen LogP contribution is 2.23. The molecule has 0 aliphatic rings. The SMILES string of the molecule is NC(=NOCC(=O)Nc1ccc(OC(F)(F)F)cc1)c1cccs1. The molecule has 0 bridgehead atoms. The van der Waals surface area contributed by atoms with Crippen molar-refractivity contribution in [3.8, 4) is 5.75 Å². The minimum absolute atomic E-state index is 0.145. The van der Waals surface area contributed by atoms with Gasteiger partial charge in [-0.3, -0.25) is 4.79 Å². The van der Waals surface area contributed by atoms with Gasteiger partial charge in [0.25, 0.3) is 5.91 Å². The maximum atomic E-state index is 12.0. The van der Waals surface area contributed by atoms with Gasteiger partial charge < -0.3 is 20.6 Å². The lowest BCUT2D eigenvalue weighted by Crippen LogP contribution is -2.19. The van der Waals surface area contributed by atoms with Gasteiger partial charge in [0.2, 0.25) is 0 Å². The molecule has 0 fully saturated rings. The molecule has 0 unspecified atom stereocenters. The number of benzene rings is 1. The fraction of sp³-hybridized carbons (Fsp3) is 0.143. The largest absolute Gasteiger partial charge is 0.573 e. The first-order chi connectivity index (χ1) is 11.3. The highest BCUT2D eigenvalue weighted by atomic mass is 32.1. The number of thiophene rings is 1. The maximum Gasteiger partial charge on any atom is 0.573 e. The Kier molecular flexibility index (Phi) is 5.64. The van der Waals surface area contributed by atoms with Crippen LogP contribution in [0.2, 0.25) is 0 Å². The van der Waals surface area contributed by atoms with Crippen molar-refractivity contribution < 1.29 is 27.5 Å². The first-order valence-corrected chi connectivity index (χ1v) is 7.36. The zero-order valence-corrected chi connectivity index (χ0v) is 12.9. The number of nitrogens with zero attached hydrogens (tertiary/aromatic N) is 1. The fourth-order valence-electron chi connectivity index (χ4n) is 1.57. The average molecular weight is 359 g/mol. The topological polar surface area (TPSA) is 85.9 Å². The highest BCUT2D eigenvalue weighted by molar-refractivity contribution is 7.12. The molecule has 0 saturated heterocycles. The number of hydrogen-bond donors (Lipinski definition) is 2. The van der Waals surface area contributed by atoms with Gasteiger partial charge in [0.1, 0.15) is 5.75 Å². The Balaban J connectivity index is 1.81. The molecule has 0 spiro atoms. The fourth-order valence-corrected chi connectivity index (χ4v) is 2.19. The van der Waals surface area contributed by atoms with E-state index in [2.05, 4.69) is 15.2 Å². The molecule has 6 nitrogen and oxygen atoms in total. The molecule has 0 radical (unpaired) electrons. The Morgan fingerprint density at radius 3 is 2.54 bits per heavy atom.